The first-order chi connectivity index (χ1) is 9.38. The summed E-state index contributed by atoms with van der Waals surface area (Å²) in [7, 11) is 0. The van der Waals surface area contributed by atoms with Gasteiger partial charge in [0.05, 0.1) is 19.8 Å². The molecular weight excluding hydrogens is 244 g/mol. The van der Waals surface area contributed by atoms with Crippen LogP contribution in [0.25, 0.3) is 0 Å². The van der Waals surface area contributed by atoms with Crippen molar-refractivity contribution in [3.05, 3.63) is 12.4 Å². The lowest BCUT2D eigenvalue weighted by atomic mass is 10.4. The Labute approximate surface area is 114 Å². The van der Waals surface area contributed by atoms with E-state index >= 15 is 0 Å². The van der Waals surface area contributed by atoms with Crippen molar-refractivity contribution >= 4 is 5.82 Å². The monoisotopic (exact) mass is 266 g/mol. The maximum Gasteiger partial charge on any atom is 0.218 e. The van der Waals surface area contributed by atoms with Gasteiger partial charge in [-0.1, -0.05) is 6.92 Å². The molecule has 1 N–H and O–H groups in total. The second-order valence-electron chi connectivity index (χ2n) is 4.47. The molecule has 19 heavy (non-hydrogen) atoms. The number of morpholine rings is 1. The van der Waals surface area contributed by atoms with Gasteiger partial charge >= 0.3 is 0 Å². The zero-order chi connectivity index (χ0) is 13.3. The first-order valence-corrected chi connectivity index (χ1v) is 6.87. The summed E-state index contributed by atoms with van der Waals surface area (Å²) in [6, 6.07) is 1.84. The number of rotatable bonds is 7. The normalized spacial score (nSPS) is 16.3. The molecule has 0 spiro atoms. The van der Waals surface area contributed by atoms with Gasteiger partial charge in [0.2, 0.25) is 5.88 Å². The van der Waals surface area contributed by atoms with Crippen LogP contribution in [-0.2, 0) is 4.74 Å². The summed E-state index contributed by atoms with van der Waals surface area (Å²) >= 11 is 0. The number of nitrogens with one attached hydrogen (secondary N) is 1. The molecule has 0 aliphatic carbocycles. The SMILES string of the molecule is CCCOc1cc(NCCN2CCOCC2)ncn1. The highest BCUT2D eigenvalue weighted by Gasteiger charge is 2.09. The highest BCUT2D eigenvalue weighted by Crippen LogP contribution is 2.10. The van der Waals surface area contributed by atoms with Gasteiger partial charge in [-0.15, -0.1) is 0 Å². The van der Waals surface area contributed by atoms with Gasteiger partial charge in [0, 0.05) is 32.2 Å². The summed E-state index contributed by atoms with van der Waals surface area (Å²) in [5.74, 6) is 1.44. The molecule has 0 unspecified atom stereocenters. The zero-order valence-electron chi connectivity index (χ0n) is 11.5. The lowest BCUT2D eigenvalue weighted by molar-refractivity contribution is 0.0398. The Bertz CT molecular complexity index is 369. The van der Waals surface area contributed by atoms with Crippen LogP contribution in [0.4, 0.5) is 5.82 Å². The summed E-state index contributed by atoms with van der Waals surface area (Å²) in [5, 5.41) is 3.30. The van der Waals surface area contributed by atoms with Crippen LogP contribution in [0.3, 0.4) is 0 Å². The average Bonchev–Trinajstić information content (AvgIpc) is 2.47. The van der Waals surface area contributed by atoms with Gasteiger partial charge in [-0.05, 0) is 6.42 Å². The Kier molecular flexibility index (Phi) is 5.84. The van der Waals surface area contributed by atoms with E-state index in [9.17, 15) is 0 Å². The molecule has 1 aliphatic rings. The maximum absolute atomic E-state index is 5.47. The van der Waals surface area contributed by atoms with Crippen molar-refractivity contribution in [2.24, 2.45) is 0 Å². The molecule has 2 rings (SSSR count). The molecule has 1 aromatic rings. The third-order valence-electron chi connectivity index (χ3n) is 2.93. The Morgan fingerprint density at radius 1 is 1.37 bits per heavy atom. The molecule has 0 saturated carbocycles. The molecule has 0 amide bonds. The van der Waals surface area contributed by atoms with Crippen molar-refractivity contribution in [3.63, 3.8) is 0 Å². The summed E-state index contributed by atoms with van der Waals surface area (Å²) in [4.78, 5) is 10.6. The lowest BCUT2D eigenvalue weighted by Crippen LogP contribution is -2.39. The quantitative estimate of drug-likeness (QED) is 0.795. The summed E-state index contributed by atoms with van der Waals surface area (Å²) < 4.78 is 10.8. The van der Waals surface area contributed by atoms with Crippen LogP contribution in [0, 0.1) is 0 Å². The van der Waals surface area contributed by atoms with Crippen LogP contribution in [0.1, 0.15) is 13.3 Å². The second kappa shape index (κ2) is 7.91. The molecule has 2 heterocycles. The van der Waals surface area contributed by atoms with Crippen LogP contribution in [0.2, 0.25) is 0 Å². The minimum absolute atomic E-state index is 0.630. The summed E-state index contributed by atoms with van der Waals surface area (Å²) in [6.07, 6.45) is 2.51. The van der Waals surface area contributed by atoms with E-state index in [0.29, 0.717) is 12.5 Å². The fraction of sp³-hybridized carbons (Fsp3) is 0.692. The van der Waals surface area contributed by atoms with E-state index in [2.05, 4.69) is 27.1 Å². The summed E-state index contributed by atoms with van der Waals surface area (Å²) in [6.45, 7) is 8.31. The van der Waals surface area contributed by atoms with Crippen LogP contribution in [0.15, 0.2) is 12.4 Å². The Balaban J connectivity index is 1.72. The van der Waals surface area contributed by atoms with Gasteiger partial charge < -0.3 is 14.8 Å². The Hall–Kier alpha value is -1.40. The molecule has 1 saturated heterocycles. The first kappa shape index (κ1) is 14.0. The smallest absolute Gasteiger partial charge is 0.218 e. The van der Waals surface area contributed by atoms with Gasteiger partial charge in [0.25, 0.3) is 0 Å². The van der Waals surface area contributed by atoms with Crippen molar-refractivity contribution in [3.8, 4) is 5.88 Å². The minimum atomic E-state index is 0.630. The van der Waals surface area contributed by atoms with E-state index in [0.717, 1.165) is 51.6 Å². The zero-order valence-corrected chi connectivity index (χ0v) is 11.5. The van der Waals surface area contributed by atoms with Gasteiger partial charge in [-0.3, -0.25) is 4.90 Å². The molecule has 1 aliphatic heterocycles. The molecule has 6 heteroatoms. The van der Waals surface area contributed by atoms with Crippen LogP contribution in [0.5, 0.6) is 5.88 Å². The van der Waals surface area contributed by atoms with E-state index in [1.165, 1.54) is 6.33 Å². The number of hydrogen-bond acceptors (Lipinski definition) is 6. The molecule has 0 bridgehead atoms. The Morgan fingerprint density at radius 2 is 2.21 bits per heavy atom. The van der Waals surface area contributed by atoms with E-state index in [4.69, 9.17) is 9.47 Å². The predicted molar refractivity (Wildman–Crippen MR) is 73.6 cm³/mol. The number of hydrogen-bond donors (Lipinski definition) is 1. The van der Waals surface area contributed by atoms with Crippen molar-refractivity contribution in [1.82, 2.24) is 14.9 Å². The maximum atomic E-state index is 5.47. The number of ether oxygens (including phenoxy) is 2. The van der Waals surface area contributed by atoms with Crippen LogP contribution in [-0.4, -0.2) is 60.9 Å². The second-order valence-corrected chi connectivity index (χ2v) is 4.47. The first-order valence-electron chi connectivity index (χ1n) is 6.87. The Morgan fingerprint density at radius 3 is 3.00 bits per heavy atom. The topological polar surface area (TPSA) is 59.5 Å². The fourth-order valence-corrected chi connectivity index (χ4v) is 1.89. The molecular formula is C13H22N4O2. The van der Waals surface area contributed by atoms with E-state index < -0.39 is 0 Å². The number of aromatic nitrogens is 2. The molecule has 106 valence electrons. The van der Waals surface area contributed by atoms with Gasteiger partial charge in [-0.25, -0.2) is 9.97 Å². The van der Waals surface area contributed by atoms with E-state index in [1.54, 1.807) is 0 Å². The summed E-state index contributed by atoms with van der Waals surface area (Å²) in [5.41, 5.74) is 0. The highest BCUT2D eigenvalue weighted by atomic mass is 16.5. The minimum Gasteiger partial charge on any atom is -0.478 e. The number of nitrogens with zero attached hydrogens (tertiary/aromatic N) is 3. The molecule has 6 nitrogen and oxygen atoms in total. The largest absolute Gasteiger partial charge is 0.478 e. The highest BCUT2D eigenvalue weighted by molar-refractivity contribution is 5.36. The van der Waals surface area contributed by atoms with E-state index in [-0.39, 0.29) is 0 Å². The van der Waals surface area contributed by atoms with Crippen molar-refractivity contribution in [2.75, 3.05) is 51.3 Å². The number of anilines is 1. The van der Waals surface area contributed by atoms with Crippen molar-refractivity contribution in [1.29, 1.82) is 0 Å². The van der Waals surface area contributed by atoms with Crippen LogP contribution >= 0.6 is 0 Å². The van der Waals surface area contributed by atoms with Crippen molar-refractivity contribution < 1.29 is 9.47 Å². The fourth-order valence-electron chi connectivity index (χ4n) is 1.89. The van der Waals surface area contributed by atoms with E-state index in [1.807, 2.05) is 6.07 Å². The predicted octanol–water partition coefficient (Wildman–Crippen LogP) is 1.01. The lowest BCUT2D eigenvalue weighted by Gasteiger charge is -2.26. The average molecular weight is 266 g/mol. The molecule has 0 atom stereocenters. The van der Waals surface area contributed by atoms with Crippen molar-refractivity contribution in [2.45, 2.75) is 13.3 Å². The third kappa shape index (κ3) is 5.00. The van der Waals surface area contributed by atoms with Crippen LogP contribution < -0.4 is 10.1 Å². The molecule has 0 aromatic carbocycles. The molecule has 1 fully saturated rings. The standard InChI is InChI=1S/C13H22N4O2/c1-2-7-19-13-10-12(15-11-16-13)14-3-4-17-5-8-18-9-6-17/h10-11H,2-9H2,1H3,(H,14,15,16). The van der Waals surface area contributed by atoms with Gasteiger partial charge in [-0.2, -0.15) is 0 Å². The third-order valence-corrected chi connectivity index (χ3v) is 2.93. The molecule has 0 radical (unpaired) electrons. The van der Waals surface area contributed by atoms with Gasteiger partial charge in [0.15, 0.2) is 0 Å². The van der Waals surface area contributed by atoms with Gasteiger partial charge in [0.1, 0.15) is 12.1 Å². The molecule has 1 aromatic heterocycles.